The maximum absolute atomic E-state index is 12.9. The monoisotopic (exact) mass is 235 g/mol. The fourth-order valence-electron chi connectivity index (χ4n) is 2.73. The van der Waals surface area contributed by atoms with Crippen LogP contribution in [0.4, 0.5) is 4.39 Å². The Hall–Kier alpha value is -0.890. The van der Waals surface area contributed by atoms with Crippen LogP contribution in [0, 0.1) is 11.7 Å². The molecule has 1 fully saturated rings. The first-order valence-corrected chi connectivity index (χ1v) is 6.68. The summed E-state index contributed by atoms with van der Waals surface area (Å²) in [5.74, 6) is 0.596. The summed E-state index contributed by atoms with van der Waals surface area (Å²) in [5.41, 5.74) is 1.17. The Bertz CT molecular complexity index is 346. The van der Waals surface area contributed by atoms with Crippen LogP contribution in [0.5, 0.6) is 0 Å². The van der Waals surface area contributed by atoms with E-state index in [4.69, 9.17) is 0 Å². The Morgan fingerprint density at radius 2 is 1.82 bits per heavy atom. The van der Waals surface area contributed by atoms with E-state index in [0.29, 0.717) is 12.1 Å². The van der Waals surface area contributed by atoms with Gasteiger partial charge in [0, 0.05) is 12.1 Å². The minimum Gasteiger partial charge on any atom is -0.307 e. The standard InChI is InChI=1S/C15H22FN/c1-11-5-3-4-6-15(11)17-12(2)13-7-9-14(16)10-8-13/h7-12,15,17H,3-6H2,1-2H3. The molecule has 1 N–H and O–H groups in total. The summed E-state index contributed by atoms with van der Waals surface area (Å²) in [6, 6.07) is 7.75. The van der Waals surface area contributed by atoms with Gasteiger partial charge in [0.1, 0.15) is 5.82 Å². The predicted molar refractivity (Wildman–Crippen MR) is 69.4 cm³/mol. The fourth-order valence-corrected chi connectivity index (χ4v) is 2.73. The quantitative estimate of drug-likeness (QED) is 0.833. The maximum atomic E-state index is 12.9. The lowest BCUT2D eigenvalue weighted by molar-refractivity contribution is 0.263. The molecule has 94 valence electrons. The van der Waals surface area contributed by atoms with Gasteiger partial charge in [0.15, 0.2) is 0 Å². The number of nitrogens with one attached hydrogen (secondary N) is 1. The molecule has 1 saturated carbocycles. The van der Waals surface area contributed by atoms with Crippen molar-refractivity contribution in [2.24, 2.45) is 5.92 Å². The van der Waals surface area contributed by atoms with Crippen molar-refractivity contribution in [3.8, 4) is 0 Å². The highest BCUT2D eigenvalue weighted by atomic mass is 19.1. The first kappa shape index (κ1) is 12.6. The normalized spacial score (nSPS) is 26.8. The second-order valence-electron chi connectivity index (χ2n) is 5.31. The first-order valence-electron chi connectivity index (χ1n) is 6.68. The number of halogens is 1. The molecule has 2 heteroatoms. The SMILES string of the molecule is CC(NC1CCCCC1C)c1ccc(F)cc1. The summed E-state index contributed by atoms with van der Waals surface area (Å²) < 4.78 is 12.9. The molecule has 0 radical (unpaired) electrons. The van der Waals surface area contributed by atoms with Gasteiger partial charge in [-0.2, -0.15) is 0 Å². The van der Waals surface area contributed by atoms with Crippen molar-refractivity contribution in [2.75, 3.05) is 0 Å². The molecular weight excluding hydrogens is 213 g/mol. The van der Waals surface area contributed by atoms with Crippen LogP contribution in [-0.2, 0) is 0 Å². The minimum absolute atomic E-state index is 0.160. The lowest BCUT2D eigenvalue weighted by Gasteiger charge is -2.32. The molecule has 0 bridgehead atoms. The molecule has 3 unspecified atom stereocenters. The molecule has 1 nitrogen and oxygen atoms in total. The van der Waals surface area contributed by atoms with E-state index in [0.717, 1.165) is 5.92 Å². The molecule has 3 atom stereocenters. The van der Waals surface area contributed by atoms with Gasteiger partial charge in [0.05, 0.1) is 0 Å². The highest BCUT2D eigenvalue weighted by Gasteiger charge is 2.22. The van der Waals surface area contributed by atoms with Crippen molar-refractivity contribution in [2.45, 2.75) is 51.6 Å². The van der Waals surface area contributed by atoms with E-state index in [-0.39, 0.29) is 5.82 Å². The maximum Gasteiger partial charge on any atom is 0.123 e. The minimum atomic E-state index is -0.160. The molecule has 0 amide bonds. The highest BCUT2D eigenvalue weighted by molar-refractivity contribution is 5.19. The van der Waals surface area contributed by atoms with Crippen LogP contribution in [0.2, 0.25) is 0 Å². The molecule has 1 aliphatic carbocycles. The molecule has 1 aromatic rings. The Balaban J connectivity index is 1.95. The zero-order chi connectivity index (χ0) is 12.3. The van der Waals surface area contributed by atoms with E-state index in [9.17, 15) is 4.39 Å². The predicted octanol–water partition coefficient (Wildman–Crippen LogP) is 4.06. The third-order valence-corrected chi connectivity index (χ3v) is 3.95. The van der Waals surface area contributed by atoms with Crippen LogP contribution in [0.25, 0.3) is 0 Å². The molecule has 0 saturated heterocycles. The third kappa shape index (κ3) is 3.29. The number of rotatable bonds is 3. The Labute approximate surface area is 103 Å². The summed E-state index contributed by atoms with van der Waals surface area (Å²) >= 11 is 0. The van der Waals surface area contributed by atoms with Gasteiger partial charge in [-0.15, -0.1) is 0 Å². The van der Waals surface area contributed by atoms with Gasteiger partial charge in [-0.05, 0) is 43.4 Å². The molecular formula is C15H22FN. The molecule has 0 aromatic heterocycles. The van der Waals surface area contributed by atoms with Crippen LogP contribution >= 0.6 is 0 Å². The van der Waals surface area contributed by atoms with Crippen LogP contribution in [0.3, 0.4) is 0 Å². The summed E-state index contributed by atoms with van der Waals surface area (Å²) in [5, 5.41) is 3.68. The summed E-state index contributed by atoms with van der Waals surface area (Å²) in [6.45, 7) is 4.49. The fraction of sp³-hybridized carbons (Fsp3) is 0.600. The van der Waals surface area contributed by atoms with Gasteiger partial charge in [0.2, 0.25) is 0 Å². The Kier molecular flexibility index (Phi) is 4.16. The van der Waals surface area contributed by atoms with Crippen LogP contribution in [-0.4, -0.2) is 6.04 Å². The number of benzene rings is 1. The van der Waals surface area contributed by atoms with E-state index in [2.05, 4.69) is 19.2 Å². The van der Waals surface area contributed by atoms with Crippen LogP contribution < -0.4 is 5.32 Å². The Morgan fingerprint density at radius 3 is 2.47 bits per heavy atom. The summed E-state index contributed by atoms with van der Waals surface area (Å²) in [6.07, 6.45) is 5.29. The largest absolute Gasteiger partial charge is 0.307 e. The van der Waals surface area contributed by atoms with Crippen molar-refractivity contribution in [1.29, 1.82) is 0 Å². The molecule has 1 aromatic carbocycles. The van der Waals surface area contributed by atoms with E-state index in [1.54, 1.807) is 0 Å². The smallest absolute Gasteiger partial charge is 0.123 e. The molecule has 17 heavy (non-hydrogen) atoms. The highest BCUT2D eigenvalue weighted by Crippen LogP contribution is 2.26. The van der Waals surface area contributed by atoms with Crippen molar-refractivity contribution in [3.63, 3.8) is 0 Å². The van der Waals surface area contributed by atoms with E-state index in [1.165, 1.54) is 43.4 Å². The zero-order valence-electron chi connectivity index (χ0n) is 10.7. The molecule has 0 aliphatic heterocycles. The van der Waals surface area contributed by atoms with E-state index < -0.39 is 0 Å². The van der Waals surface area contributed by atoms with Gasteiger partial charge in [0.25, 0.3) is 0 Å². The average molecular weight is 235 g/mol. The Morgan fingerprint density at radius 1 is 1.18 bits per heavy atom. The molecule has 1 aliphatic rings. The average Bonchev–Trinajstić information content (AvgIpc) is 2.33. The van der Waals surface area contributed by atoms with Crippen molar-refractivity contribution in [1.82, 2.24) is 5.32 Å². The second-order valence-corrected chi connectivity index (χ2v) is 5.31. The molecule has 2 rings (SSSR count). The van der Waals surface area contributed by atoms with Crippen molar-refractivity contribution >= 4 is 0 Å². The summed E-state index contributed by atoms with van der Waals surface area (Å²) in [7, 11) is 0. The van der Waals surface area contributed by atoms with Crippen LogP contribution in [0.1, 0.15) is 51.1 Å². The van der Waals surface area contributed by atoms with Gasteiger partial charge in [-0.3, -0.25) is 0 Å². The molecule has 0 heterocycles. The van der Waals surface area contributed by atoms with Crippen molar-refractivity contribution < 1.29 is 4.39 Å². The second kappa shape index (κ2) is 5.63. The van der Waals surface area contributed by atoms with E-state index in [1.807, 2.05) is 12.1 Å². The van der Waals surface area contributed by atoms with Gasteiger partial charge in [-0.1, -0.05) is 31.9 Å². The van der Waals surface area contributed by atoms with Crippen LogP contribution in [0.15, 0.2) is 24.3 Å². The number of hydrogen-bond acceptors (Lipinski definition) is 1. The third-order valence-electron chi connectivity index (χ3n) is 3.95. The first-order chi connectivity index (χ1) is 8.16. The zero-order valence-corrected chi connectivity index (χ0v) is 10.7. The lowest BCUT2D eigenvalue weighted by Crippen LogP contribution is -2.38. The van der Waals surface area contributed by atoms with Gasteiger partial charge < -0.3 is 5.32 Å². The van der Waals surface area contributed by atoms with Gasteiger partial charge in [-0.25, -0.2) is 4.39 Å². The molecule has 0 spiro atoms. The summed E-state index contributed by atoms with van der Waals surface area (Å²) in [4.78, 5) is 0. The topological polar surface area (TPSA) is 12.0 Å². The van der Waals surface area contributed by atoms with Crippen molar-refractivity contribution in [3.05, 3.63) is 35.6 Å². The van der Waals surface area contributed by atoms with Gasteiger partial charge >= 0.3 is 0 Å². The lowest BCUT2D eigenvalue weighted by atomic mass is 9.85. The number of hydrogen-bond donors (Lipinski definition) is 1. The van der Waals surface area contributed by atoms with E-state index >= 15 is 0 Å².